The molecule has 1 atom stereocenters. The number of esters is 3. The summed E-state index contributed by atoms with van der Waals surface area (Å²) in [6, 6.07) is 0. The van der Waals surface area contributed by atoms with Crippen LogP contribution >= 0.6 is 5.51 Å². The van der Waals surface area contributed by atoms with Gasteiger partial charge >= 0.3 is 207 Å². The normalized spacial score (nSPS) is 25.1. The molecule has 190 valence electrons. The Morgan fingerprint density at radius 2 is 1.26 bits per heavy atom. The van der Waals surface area contributed by atoms with Crippen molar-refractivity contribution >= 4 is 37.5 Å². The van der Waals surface area contributed by atoms with E-state index >= 15 is 0 Å². The van der Waals surface area contributed by atoms with Gasteiger partial charge in [-0.15, -0.1) is 0 Å². The second-order valence-corrected chi connectivity index (χ2v) is 18.6. The zero-order valence-corrected chi connectivity index (χ0v) is 23.1. The van der Waals surface area contributed by atoms with Crippen LogP contribution in [0.3, 0.4) is 0 Å². The van der Waals surface area contributed by atoms with Crippen LogP contribution in [-0.2, 0) is 33.3 Å². The van der Waals surface area contributed by atoms with Gasteiger partial charge in [0.25, 0.3) is 0 Å². The Morgan fingerprint density at radius 1 is 0.765 bits per heavy atom. The fraction of sp³-hybridized carbons (Fsp3) is 0.708. The van der Waals surface area contributed by atoms with Crippen LogP contribution in [0.5, 0.6) is 0 Å². The molecule has 0 radical (unpaired) electrons. The molecule has 34 heavy (non-hydrogen) atoms. The predicted molar refractivity (Wildman–Crippen MR) is 130 cm³/mol. The van der Waals surface area contributed by atoms with Crippen molar-refractivity contribution in [3.63, 3.8) is 0 Å². The van der Waals surface area contributed by atoms with Crippen molar-refractivity contribution in [3.8, 4) is 0 Å². The molecule has 1 N–H and O–H groups in total. The molecule has 0 saturated heterocycles. The zero-order chi connectivity index (χ0) is 24.9. The van der Waals surface area contributed by atoms with Gasteiger partial charge in [-0.3, -0.25) is 0 Å². The van der Waals surface area contributed by atoms with E-state index in [-0.39, 0.29) is 26.9 Å². The minimum absolute atomic E-state index is 0.0409. The molecule has 3 rings (SSSR count). The van der Waals surface area contributed by atoms with E-state index in [1.165, 1.54) is 28.4 Å². The summed E-state index contributed by atoms with van der Waals surface area (Å²) >= 11 is -0.496. The number of carbonyl (C=O) groups excluding carboxylic acids is 3. The van der Waals surface area contributed by atoms with E-state index in [2.05, 4.69) is 0 Å². The molecule has 0 aromatic rings. The Hall–Kier alpha value is -1.56. The Balaban J connectivity index is 2.49. The van der Waals surface area contributed by atoms with Gasteiger partial charge in [0.15, 0.2) is 0 Å². The van der Waals surface area contributed by atoms with Crippen molar-refractivity contribution in [1.82, 2.24) is 0 Å². The molecule has 2 saturated carbocycles. The third-order valence-corrected chi connectivity index (χ3v) is 21.4. The first-order valence-electron chi connectivity index (χ1n) is 11.9. The topological polar surface area (TPSA) is 108 Å². The molecule has 0 aromatic heterocycles. The van der Waals surface area contributed by atoms with Crippen LogP contribution in [0, 0.1) is 0 Å². The van der Waals surface area contributed by atoms with Crippen molar-refractivity contribution in [2.45, 2.75) is 81.2 Å². The van der Waals surface area contributed by atoms with Crippen molar-refractivity contribution < 1.29 is 38.4 Å². The summed E-state index contributed by atoms with van der Waals surface area (Å²) in [6.07, 6.45) is 10.5. The van der Waals surface area contributed by atoms with Gasteiger partial charge in [-0.25, -0.2) is 0 Å². The molecule has 2 fully saturated rings. The van der Waals surface area contributed by atoms with E-state index in [1.807, 2.05) is 0 Å². The molecule has 10 heteroatoms. The van der Waals surface area contributed by atoms with Crippen molar-refractivity contribution in [2.24, 2.45) is 0 Å². The van der Waals surface area contributed by atoms with Crippen molar-refractivity contribution in [2.75, 3.05) is 28.4 Å². The number of aliphatic hydroxyl groups is 1. The van der Waals surface area contributed by atoms with Crippen molar-refractivity contribution in [1.29, 1.82) is 0 Å². The fourth-order valence-corrected chi connectivity index (χ4v) is 21.6. The Labute approximate surface area is 207 Å². The van der Waals surface area contributed by atoms with Gasteiger partial charge in [-0.2, -0.15) is 0 Å². The SMILES string of the molecule is COC(=O)C1=C(C(=O)OC)C(=C(O)OC)C(C(=O)OC)P(C2CCCCC2)(C2CCCCC2)=[Se+]1. The predicted octanol–water partition coefficient (Wildman–Crippen LogP) is 3.86. The zero-order valence-electron chi connectivity index (χ0n) is 20.5. The number of methoxy groups -OCH3 is 4. The van der Waals surface area contributed by atoms with Gasteiger partial charge in [-0.1, -0.05) is 0 Å². The first-order valence-corrected chi connectivity index (χ1v) is 17.0. The number of rotatable bonds is 6. The minimum atomic E-state index is -2.33. The van der Waals surface area contributed by atoms with Crippen LogP contribution in [0.4, 0.5) is 0 Å². The van der Waals surface area contributed by atoms with Gasteiger partial charge in [0.2, 0.25) is 0 Å². The first kappa shape index (κ1) is 27.0. The number of ether oxygens (including phenoxy) is 4. The maximum absolute atomic E-state index is 13.6. The molecule has 8 nitrogen and oxygen atoms in total. The molecule has 0 amide bonds. The summed E-state index contributed by atoms with van der Waals surface area (Å²) in [4.78, 5) is 39.8. The molecule has 3 aliphatic rings. The second-order valence-electron chi connectivity index (χ2n) is 8.97. The number of hydrogen-bond acceptors (Lipinski definition) is 8. The molecule has 0 aromatic carbocycles. The van der Waals surface area contributed by atoms with E-state index in [9.17, 15) is 19.5 Å². The molecule has 0 spiro atoms. The third kappa shape index (κ3) is 4.89. The van der Waals surface area contributed by atoms with Gasteiger partial charge < -0.3 is 0 Å². The molecular weight excluding hydrogens is 526 g/mol. The van der Waals surface area contributed by atoms with Gasteiger partial charge in [0, 0.05) is 0 Å². The van der Waals surface area contributed by atoms with Crippen LogP contribution in [0.25, 0.3) is 0 Å². The van der Waals surface area contributed by atoms with E-state index in [1.54, 1.807) is 0 Å². The molecule has 1 heterocycles. The third-order valence-electron chi connectivity index (χ3n) is 7.32. The fourth-order valence-electron chi connectivity index (χ4n) is 5.82. The van der Waals surface area contributed by atoms with Crippen LogP contribution < -0.4 is 0 Å². The van der Waals surface area contributed by atoms with E-state index in [0.717, 1.165) is 64.2 Å². The van der Waals surface area contributed by atoms with Crippen LogP contribution in [0.15, 0.2) is 21.6 Å². The maximum atomic E-state index is 13.6. The number of hydrogen-bond donors (Lipinski definition) is 1. The molecule has 1 unspecified atom stereocenters. The molecular formula is C24H36O8PSe+. The summed E-state index contributed by atoms with van der Waals surface area (Å²) in [5.74, 6) is -2.42. The average molecular weight is 562 g/mol. The van der Waals surface area contributed by atoms with Gasteiger partial charge in [0.05, 0.1) is 0 Å². The number of carbonyl (C=O) groups is 3. The summed E-state index contributed by atoms with van der Waals surface area (Å²) in [5.41, 5.74) is -2.71. The standard InChI is InChI=1S/C24H35O8PSe/c1-29-21(25)17-18(22(26)30-2)20(24(28)32-4)34-33(19(17)23(27)31-3,15-11-7-5-8-12-15)16-13-9-6-10-14-16/h15-16,19H,5-14H2,1-4H3/p+1. The van der Waals surface area contributed by atoms with Crippen LogP contribution in [-0.4, -0.2) is 82.5 Å². The van der Waals surface area contributed by atoms with Crippen LogP contribution in [0.1, 0.15) is 64.2 Å². The van der Waals surface area contributed by atoms with Gasteiger partial charge in [0.1, 0.15) is 0 Å². The Kier molecular flexibility index (Phi) is 9.48. The van der Waals surface area contributed by atoms with E-state index in [4.69, 9.17) is 18.9 Å². The monoisotopic (exact) mass is 563 g/mol. The van der Waals surface area contributed by atoms with Gasteiger partial charge in [-0.05, 0) is 0 Å². The summed E-state index contributed by atoms with van der Waals surface area (Å²) in [6.45, 7) is 0. The average Bonchev–Trinajstić information content (AvgIpc) is 2.90. The quantitative estimate of drug-likeness (QED) is 0.171. The Morgan fingerprint density at radius 3 is 1.68 bits per heavy atom. The first-order chi connectivity index (χ1) is 16.4. The summed E-state index contributed by atoms with van der Waals surface area (Å²) < 4.78 is 21.0. The molecule has 2 aliphatic carbocycles. The van der Waals surface area contributed by atoms with E-state index < -0.39 is 49.1 Å². The molecule has 1 aliphatic heterocycles. The summed E-state index contributed by atoms with van der Waals surface area (Å²) in [5, 5.41) is 11.0. The van der Waals surface area contributed by atoms with E-state index in [0.29, 0.717) is 0 Å². The summed E-state index contributed by atoms with van der Waals surface area (Å²) in [7, 11) is 5.12. The second kappa shape index (κ2) is 11.9. The van der Waals surface area contributed by atoms with Crippen LogP contribution in [0.2, 0.25) is 0 Å². The Bertz CT molecular complexity index is 903. The number of aliphatic hydroxyl groups excluding tert-OH is 1. The van der Waals surface area contributed by atoms with Crippen molar-refractivity contribution in [3.05, 3.63) is 21.6 Å². The molecule has 0 bridgehead atoms.